The van der Waals surface area contributed by atoms with Gasteiger partial charge in [0.25, 0.3) is 0 Å². The molecule has 0 fully saturated rings. The Morgan fingerprint density at radius 2 is 2.19 bits per heavy atom. The highest BCUT2D eigenvalue weighted by Crippen LogP contribution is 2.34. The third-order valence-electron chi connectivity index (χ3n) is 2.33. The molecule has 0 aliphatic rings. The maximum absolute atomic E-state index is 5.87. The normalized spacial score (nSPS) is 12.5. The summed E-state index contributed by atoms with van der Waals surface area (Å²) < 4.78 is 6.51. The van der Waals surface area contributed by atoms with Crippen LogP contribution in [0.5, 0.6) is 5.75 Å². The Labute approximate surface area is 110 Å². The Bertz CT molecular complexity index is 334. The van der Waals surface area contributed by atoms with Crippen LogP contribution in [0.1, 0.15) is 26.7 Å². The topological polar surface area (TPSA) is 35.2 Å². The van der Waals surface area contributed by atoms with Crippen molar-refractivity contribution in [3.63, 3.8) is 0 Å². The number of hydrogen-bond acceptors (Lipinski definition) is 2. The molecule has 1 atom stereocenters. The molecule has 0 aliphatic carbocycles. The van der Waals surface area contributed by atoms with Crippen molar-refractivity contribution >= 4 is 33.2 Å². The molecule has 1 aromatic rings. The predicted octanol–water partition coefficient (Wildman–Crippen LogP) is 4.50. The number of hydrogen-bond donors (Lipinski definition) is 1. The molecule has 0 heterocycles. The molecule has 0 aliphatic heterocycles. The van der Waals surface area contributed by atoms with Crippen LogP contribution in [0.4, 0.5) is 5.69 Å². The van der Waals surface area contributed by atoms with Gasteiger partial charge in [-0.2, -0.15) is 0 Å². The van der Waals surface area contributed by atoms with Crippen LogP contribution >= 0.6 is 27.5 Å². The van der Waals surface area contributed by atoms with Gasteiger partial charge in [0.05, 0.1) is 16.8 Å². The van der Waals surface area contributed by atoms with E-state index in [0.717, 1.165) is 10.9 Å². The minimum atomic E-state index is 0.534. The third-order valence-corrected chi connectivity index (χ3v) is 3.14. The number of anilines is 1. The molecule has 1 unspecified atom stereocenters. The van der Waals surface area contributed by atoms with Crippen molar-refractivity contribution in [2.24, 2.45) is 5.92 Å². The van der Waals surface area contributed by atoms with E-state index in [1.54, 1.807) is 12.1 Å². The van der Waals surface area contributed by atoms with E-state index in [1.807, 2.05) is 0 Å². The largest absolute Gasteiger partial charge is 0.490 e. The summed E-state index contributed by atoms with van der Waals surface area (Å²) >= 11 is 9.27. The summed E-state index contributed by atoms with van der Waals surface area (Å²) in [7, 11) is 0. The number of halogens is 2. The van der Waals surface area contributed by atoms with Crippen LogP contribution in [0.15, 0.2) is 16.6 Å². The Hall–Kier alpha value is -0.410. The number of nitrogen functional groups attached to an aromatic ring is 1. The minimum absolute atomic E-state index is 0.534. The first-order valence-corrected chi connectivity index (χ1v) is 6.59. The lowest BCUT2D eigenvalue weighted by Gasteiger charge is -2.15. The van der Waals surface area contributed by atoms with Crippen molar-refractivity contribution in [2.45, 2.75) is 26.7 Å². The Morgan fingerprint density at radius 1 is 1.50 bits per heavy atom. The molecular formula is C12H17BrClNO. The molecule has 2 nitrogen and oxygen atoms in total. The van der Waals surface area contributed by atoms with Crippen LogP contribution in [0, 0.1) is 5.92 Å². The quantitative estimate of drug-likeness (QED) is 0.813. The molecule has 0 radical (unpaired) electrons. The molecule has 2 N–H and O–H groups in total. The number of rotatable bonds is 5. The van der Waals surface area contributed by atoms with Gasteiger partial charge < -0.3 is 10.5 Å². The Morgan fingerprint density at radius 3 is 2.75 bits per heavy atom. The molecule has 0 amide bonds. The van der Waals surface area contributed by atoms with Crippen molar-refractivity contribution < 1.29 is 4.74 Å². The maximum Gasteiger partial charge on any atom is 0.156 e. The van der Waals surface area contributed by atoms with Crippen LogP contribution in [0.25, 0.3) is 0 Å². The molecule has 0 aromatic heterocycles. The van der Waals surface area contributed by atoms with Crippen molar-refractivity contribution in [3.8, 4) is 5.75 Å². The van der Waals surface area contributed by atoms with Gasteiger partial charge in [0.15, 0.2) is 5.75 Å². The lowest BCUT2D eigenvalue weighted by molar-refractivity contribution is 0.251. The summed E-state index contributed by atoms with van der Waals surface area (Å²) in [5, 5.41) is 0.610. The summed E-state index contributed by atoms with van der Waals surface area (Å²) in [5.41, 5.74) is 6.42. The summed E-state index contributed by atoms with van der Waals surface area (Å²) in [5.74, 6) is 1.22. The van der Waals surface area contributed by atoms with E-state index in [2.05, 4.69) is 29.8 Å². The average Bonchev–Trinajstić information content (AvgIpc) is 2.16. The van der Waals surface area contributed by atoms with Gasteiger partial charge in [0.1, 0.15) is 0 Å². The third kappa shape index (κ3) is 3.87. The van der Waals surface area contributed by atoms with Crippen LogP contribution in [-0.2, 0) is 0 Å². The van der Waals surface area contributed by atoms with Crippen LogP contribution in [-0.4, -0.2) is 6.61 Å². The summed E-state index contributed by atoms with van der Waals surface area (Å²) in [6.45, 7) is 5.02. The molecule has 0 spiro atoms. The second kappa shape index (κ2) is 6.36. The first kappa shape index (κ1) is 13.7. The van der Waals surface area contributed by atoms with Gasteiger partial charge in [-0.1, -0.05) is 31.9 Å². The van der Waals surface area contributed by atoms with E-state index in [0.29, 0.717) is 29.0 Å². The van der Waals surface area contributed by atoms with Crippen molar-refractivity contribution in [3.05, 3.63) is 21.6 Å². The van der Waals surface area contributed by atoms with Crippen LogP contribution < -0.4 is 10.5 Å². The summed E-state index contributed by atoms with van der Waals surface area (Å²) in [4.78, 5) is 0. The summed E-state index contributed by atoms with van der Waals surface area (Å²) in [6.07, 6.45) is 2.33. The molecule has 0 bridgehead atoms. The van der Waals surface area contributed by atoms with Gasteiger partial charge in [0.2, 0.25) is 0 Å². The number of benzene rings is 1. The molecule has 0 saturated carbocycles. The van der Waals surface area contributed by atoms with Gasteiger partial charge in [-0.3, -0.25) is 0 Å². The van der Waals surface area contributed by atoms with Gasteiger partial charge in [-0.05, 0) is 40.4 Å². The number of nitrogens with two attached hydrogens (primary N) is 1. The second-order valence-electron chi connectivity index (χ2n) is 4.01. The fraction of sp³-hybridized carbons (Fsp3) is 0.500. The first-order valence-electron chi connectivity index (χ1n) is 5.42. The maximum atomic E-state index is 5.87. The zero-order valence-electron chi connectivity index (χ0n) is 9.59. The second-order valence-corrected chi connectivity index (χ2v) is 5.30. The van der Waals surface area contributed by atoms with Crippen molar-refractivity contribution in [1.29, 1.82) is 0 Å². The summed E-state index contributed by atoms with van der Waals surface area (Å²) in [6, 6.07) is 3.49. The van der Waals surface area contributed by atoms with E-state index in [1.165, 1.54) is 6.42 Å². The van der Waals surface area contributed by atoms with E-state index < -0.39 is 0 Å². The highest BCUT2D eigenvalue weighted by molar-refractivity contribution is 9.10. The fourth-order valence-electron chi connectivity index (χ4n) is 1.53. The van der Waals surface area contributed by atoms with E-state index in [4.69, 9.17) is 22.1 Å². The van der Waals surface area contributed by atoms with E-state index in [9.17, 15) is 0 Å². The molecule has 4 heteroatoms. The van der Waals surface area contributed by atoms with Gasteiger partial charge in [-0.25, -0.2) is 0 Å². The lowest BCUT2D eigenvalue weighted by Crippen LogP contribution is -2.09. The Kier molecular flexibility index (Phi) is 5.42. The fourth-order valence-corrected chi connectivity index (χ4v) is 2.48. The van der Waals surface area contributed by atoms with Gasteiger partial charge in [0, 0.05) is 5.02 Å². The monoisotopic (exact) mass is 305 g/mol. The molecule has 1 rings (SSSR count). The van der Waals surface area contributed by atoms with Crippen molar-refractivity contribution in [2.75, 3.05) is 12.3 Å². The van der Waals surface area contributed by atoms with Gasteiger partial charge >= 0.3 is 0 Å². The molecule has 0 saturated heterocycles. The van der Waals surface area contributed by atoms with Crippen molar-refractivity contribution in [1.82, 2.24) is 0 Å². The van der Waals surface area contributed by atoms with Gasteiger partial charge in [-0.15, -0.1) is 0 Å². The first-order chi connectivity index (χ1) is 7.54. The molecule has 90 valence electrons. The zero-order valence-corrected chi connectivity index (χ0v) is 11.9. The molecule has 16 heavy (non-hydrogen) atoms. The average molecular weight is 307 g/mol. The van der Waals surface area contributed by atoms with E-state index in [-0.39, 0.29) is 0 Å². The minimum Gasteiger partial charge on any atom is -0.490 e. The van der Waals surface area contributed by atoms with E-state index >= 15 is 0 Å². The SMILES string of the molecule is CCCC(C)COc1c(N)cc(Cl)cc1Br. The Balaban J connectivity index is 2.67. The zero-order chi connectivity index (χ0) is 12.1. The smallest absolute Gasteiger partial charge is 0.156 e. The van der Waals surface area contributed by atoms with Crippen LogP contribution in [0.3, 0.4) is 0 Å². The number of ether oxygens (including phenoxy) is 1. The highest BCUT2D eigenvalue weighted by atomic mass is 79.9. The predicted molar refractivity (Wildman–Crippen MR) is 73.1 cm³/mol. The van der Waals surface area contributed by atoms with Crippen LogP contribution in [0.2, 0.25) is 5.02 Å². The lowest BCUT2D eigenvalue weighted by atomic mass is 10.1. The highest BCUT2D eigenvalue weighted by Gasteiger charge is 2.09. The molecule has 1 aromatic carbocycles. The molecular weight excluding hydrogens is 289 g/mol. The standard InChI is InChI=1S/C12H17BrClNO/c1-3-4-8(2)7-16-12-10(13)5-9(14)6-11(12)15/h5-6,8H,3-4,7,15H2,1-2H3.